The standard InChI is InChI=1S/C20H20N4O3/c1-2-9-24(13-18-22-23-20(27-18)17-8-5-10-26-17)19(25)11-14-12-21-16-7-4-3-6-15(14)16/h3-8,10,12,21H,2,9,11,13H2,1H3. The first-order valence-corrected chi connectivity index (χ1v) is 8.93. The van der Waals surface area contributed by atoms with Gasteiger partial charge in [0.05, 0.1) is 19.2 Å². The van der Waals surface area contributed by atoms with Gasteiger partial charge in [0.1, 0.15) is 0 Å². The first kappa shape index (κ1) is 17.1. The quantitative estimate of drug-likeness (QED) is 0.539. The first-order valence-electron chi connectivity index (χ1n) is 8.93. The minimum atomic E-state index is 0.0272. The monoisotopic (exact) mass is 364 g/mol. The van der Waals surface area contributed by atoms with Crippen LogP contribution in [-0.4, -0.2) is 32.5 Å². The van der Waals surface area contributed by atoms with Gasteiger partial charge in [0.15, 0.2) is 5.76 Å². The molecular weight excluding hydrogens is 344 g/mol. The Bertz CT molecular complexity index is 1030. The number of carbonyl (C=O) groups excluding carboxylic acids is 1. The molecule has 4 rings (SSSR count). The normalized spacial score (nSPS) is 11.1. The predicted molar refractivity (Wildman–Crippen MR) is 99.7 cm³/mol. The number of hydrogen-bond donors (Lipinski definition) is 1. The first-order chi connectivity index (χ1) is 13.2. The van der Waals surface area contributed by atoms with Gasteiger partial charge in [-0.15, -0.1) is 10.2 Å². The topological polar surface area (TPSA) is 88.2 Å². The highest BCUT2D eigenvalue weighted by atomic mass is 16.4. The lowest BCUT2D eigenvalue weighted by Gasteiger charge is -2.20. The minimum Gasteiger partial charge on any atom is -0.459 e. The molecule has 0 spiro atoms. The minimum absolute atomic E-state index is 0.0272. The van der Waals surface area contributed by atoms with Gasteiger partial charge in [0.25, 0.3) is 5.89 Å². The average molecular weight is 364 g/mol. The van der Waals surface area contributed by atoms with Crippen LogP contribution >= 0.6 is 0 Å². The van der Waals surface area contributed by atoms with Crippen LogP contribution in [0, 0.1) is 0 Å². The zero-order valence-electron chi connectivity index (χ0n) is 15.0. The number of aromatic nitrogens is 3. The number of hydrogen-bond acceptors (Lipinski definition) is 5. The van der Waals surface area contributed by atoms with Gasteiger partial charge in [-0.1, -0.05) is 25.1 Å². The Kier molecular flexibility index (Phi) is 4.74. The van der Waals surface area contributed by atoms with E-state index in [0.717, 1.165) is 22.9 Å². The fraction of sp³-hybridized carbons (Fsp3) is 0.250. The van der Waals surface area contributed by atoms with Crippen molar-refractivity contribution < 1.29 is 13.6 Å². The van der Waals surface area contributed by atoms with E-state index >= 15 is 0 Å². The summed E-state index contributed by atoms with van der Waals surface area (Å²) < 4.78 is 10.9. The molecule has 1 N–H and O–H groups in total. The molecule has 1 amide bonds. The molecule has 138 valence electrons. The van der Waals surface area contributed by atoms with Crippen LogP contribution < -0.4 is 0 Å². The Labute approximate surface area is 156 Å². The number of amides is 1. The largest absolute Gasteiger partial charge is 0.459 e. The van der Waals surface area contributed by atoms with Gasteiger partial charge in [0.2, 0.25) is 11.8 Å². The second kappa shape index (κ2) is 7.49. The molecular formula is C20H20N4O3. The third kappa shape index (κ3) is 3.62. The maximum absolute atomic E-state index is 12.9. The Balaban J connectivity index is 1.49. The van der Waals surface area contributed by atoms with E-state index in [1.165, 1.54) is 0 Å². The van der Waals surface area contributed by atoms with Crippen molar-refractivity contribution in [3.05, 3.63) is 60.3 Å². The van der Waals surface area contributed by atoms with Crippen LogP contribution in [0.1, 0.15) is 24.8 Å². The molecule has 7 heteroatoms. The van der Waals surface area contributed by atoms with E-state index in [0.29, 0.717) is 30.5 Å². The van der Waals surface area contributed by atoms with Gasteiger partial charge in [-0.25, -0.2) is 0 Å². The molecule has 0 radical (unpaired) electrons. The van der Waals surface area contributed by atoms with Gasteiger partial charge in [-0.3, -0.25) is 4.79 Å². The molecule has 27 heavy (non-hydrogen) atoms. The highest BCUT2D eigenvalue weighted by Gasteiger charge is 2.19. The molecule has 0 fully saturated rings. The maximum Gasteiger partial charge on any atom is 0.283 e. The summed E-state index contributed by atoms with van der Waals surface area (Å²) in [6.45, 7) is 2.94. The van der Waals surface area contributed by atoms with Crippen molar-refractivity contribution in [1.82, 2.24) is 20.1 Å². The van der Waals surface area contributed by atoms with E-state index in [4.69, 9.17) is 8.83 Å². The smallest absolute Gasteiger partial charge is 0.283 e. The summed E-state index contributed by atoms with van der Waals surface area (Å²) in [5.74, 6) is 1.25. The second-order valence-corrected chi connectivity index (χ2v) is 6.33. The lowest BCUT2D eigenvalue weighted by Crippen LogP contribution is -2.32. The van der Waals surface area contributed by atoms with Crippen molar-refractivity contribution in [3.8, 4) is 11.7 Å². The summed E-state index contributed by atoms with van der Waals surface area (Å²) in [5, 5.41) is 9.11. The van der Waals surface area contributed by atoms with E-state index in [9.17, 15) is 4.79 Å². The lowest BCUT2D eigenvalue weighted by molar-refractivity contribution is -0.131. The predicted octanol–water partition coefficient (Wildman–Crippen LogP) is 3.79. The Morgan fingerprint density at radius 3 is 2.89 bits per heavy atom. The van der Waals surface area contributed by atoms with E-state index in [1.54, 1.807) is 23.3 Å². The average Bonchev–Trinajstić information content (AvgIpc) is 3.42. The van der Waals surface area contributed by atoms with Gasteiger partial charge in [-0.05, 0) is 30.2 Å². The SMILES string of the molecule is CCCN(Cc1nnc(-c2ccco2)o1)C(=O)Cc1c[nH]c2ccccc12. The van der Waals surface area contributed by atoms with Crippen LogP contribution in [0.5, 0.6) is 0 Å². The molecule has 0 aliphatic carbocycles. The third-order valence-corrected chi connectivity index (χ3v) is 4.39. The molecule has 0 bridgehead atoms. The van der Waals surface area contributed by atoms with Crippen LogP contribution in [0.15, 0.2) is 57.7 Å². The fourth-order valence-corrected chi connectivity index (χ4v) is 3.10. The van der Waals surface area contributed by atoms with Crippen molar-refractivity contribution >= 4 is 16.8 Å². The molecule has 0 aliphatic rings. The number of nitrogens with zero attached hydrogens (tertiary/aromatic N) is 3. The van der Waals surface area contributed by atoms with Crippen molar-refractivity contribution in [2.75, 3.05) is 6.54 Å². The Morgan fingerprint density at radius 2 is 2.07 bits per heavy atom. The van der Waals surface area contributed by atoms with Crippen LogP contribution in [0.25, 0.3) is 22.6 Å². The summed E-state index contributed by atoms with van der Waals surface area (Å²) in [6.07, 6.45) is 4.61. The van der Waals surface area contributed by atoms with Gasteiger partial charge >= 0.3 is 0 Å². The third-order valence-electron chi connectivity index (χ3n) is 4.39. The van der Waals surface area contributed by atoms with E-state index in [1.807, 2.05) is 37.4 Å². The van der Waals surface area contributed by atoms with Gasteiger partial charge < -0.3 is 18.7 Å². The summed E-state index contributed by atoms with van der Waals surface area (Å²) in [6, 6.07) is 11.5. The lowest BCUT2D eigenvalue weighted by atomic mass is 10.1. The maximum atomic E-state index is 12.9. The number of H-pyrrole nitrogens is 1. The zero-order chi connectivity index (χ0) is 18.6. The summed E-state index contributed by atoms with van der Waals surface area (Å²) >= 11 is 0. The fourth-order valence-electron chi connectivity index (χ4n) is 3.10. The number of nitrogens with one attached hydrogen (secondary N) is 1. The van der Waals surface area contributed by atoms with Crippen LogP contribution in [0.4, 0.5) is 0 Å². The van der Waals surface area contributed by atoms with Crippen molar-refractivity contribution in [2.24, 2.45) is 0 Å². The van der Waals surface area contributed by atoms with Crippen LogP contribution in [-0.2, 0) is 17.8 Å². The van der Waals surface area contributed by atoms with Crippen LogP contribution in [0.2, 0.25) is 0 Å². The molecule has 3 aromatic heterocycles. The number of aromatic amines is 1. The van der Waals surface area contributed by atoms with E-state index in [2.05, 4.69) is 15.2 Å². The molecule has 0 aliphatic heterocycles. The number of furan rings is 1. The molecule has 4 aromatic rings. The van der Waals surface area contributed by atoms with Crippen molar-refractivity contribution in [3.63, 3.8) is 0 Å². The molecule has 1 aromatic carbocycles. The molecule has 7 nitrogen and oxygen atoms in total. The number of fused-ring (bicyclic) bond motifs is 1. The van der Waals surface area contributed by atoms with Gasteiger partial charge in [0, 0.05) is 23.6 Å². The number of benzene rings is 1. The van der Waals surface area contributed by atoms with Crippen LogP contribution in [0.3, 0.4) is 0 Å². The zero-order valence-corrected chi connectivity index (χ0v) is 15.0. The molecule has 3 heterocycles. The van der Waals surface area contributed by atoms with Crippen molar-refractivity contribution in [1.29, 1.82) is 0 Å². The summed E-state index contributed by atoms with van der Waals surface area (Å²) in [7, 11) is 0. The highest BCUT2D eigenvalue weighted by Crippen LogP contribution is 2.21. The van der Waals surface area contributed by atoms with Gasteiger partial charge in [-0.2, -0.15) is 0 Å². The molecule has 0 saturated carbocycles. The Morgan fingerprint density at radius 1 is 1.19 bits per heavy atom. The summed E-state index contributed by atoms with van der Waals surface area (Å²) in [4.78, 5) is 17.8. The number of rotatable bonds is 7. The highest BCUT2D eigenvalue weighted by molar-refractivity contribution is 5.88. The summed E-state index contributed by atoms with van der Waals surface area (Å²) in [5.41, 5.74) is 2.01. The second-order valence-electron chi connectivity index (χ2n) is 6.33. The van der Waals surface area contributed by atoms with Crippen molar-refractivity contribution in [2.45, 2.75) is 26.3 Å². The molecule has 0 unspecified atom stereocenters. The molecule has 0 saturated heterocycles. The number of para-hydroxylation sites is 1. The molecule has 0 atom stereocenters. The van der Waals surface area contributed by atoms with E-state index < -0.39 is 0 Å². The van der Waals surface area contributed by atoms with E-state index in [-0.39, 0.29) is 12.5 Å². The Hall–Kier alpha value is -3.35. The number of carbonyl (C=O) groups is 1.